The molecule has 1 aliphatic carbocycles. The first kappa shape index (κ1) is 25.8. The minimum Gasteiger partial charge on any atom is -0.490 e. The number of hydrogen-bond acceptors (Lipinski definition) is 5. The van der Waals surface area contributed by atoms with E-state index in [2.05, 4.69) is 35.1 Å². The van der Waals surface area contributed by atoms with Crippen molar-refractivity contribution in [3.05, 3.63) is 44.7 Å². The topological polar surface area (TPSA) is 67.9 Å². The maximum atomic E-state index is 13.9. The van der Waals surface area contributed by atoms with Crippen molar-refractivity contribution in [1.82, 2.24) is 10.2 Å². The Labute approximate surface area is 217 Å². The Morgan fingerprint density at radius 3 is 2.46 bits per heavy atom. The molecule has 0 aromatic heterocycles. The Bertz CT molecular complexity index is 1080. The molecule has 2 aliphatic heterocycles. The average Bonchev–Trinajstić information content (AvgIpc) is 2.79. The van der Waals surface area contributed by atoms with Crippen molar-refractivity contribution < 1.29 is 19.1 Å². The van der Waals surface area contributed by atoms with Gasteiger partial charge in [-0.1, -0.05) is 13.8 Å². The zero-order valence-electron chi connectivity index (χ0n) is 21.6. The number of nitrogens with zero attached hydrogens (tertiary/aromatic N) is 1. The maximum Gasteiger partial charge on any atom is 0.252 e. The van der Waals surface area contributed by atoms with Crippen molar-refractivity contribution in [2.24, 2.45) is 5.41 Å². The fourth-order valence-corrected chi connectivity index (χ4v) is 6.20. The van der Waals surface area contributed by atoms with Gasteiger partial charge in [-0.3, -0.25) is 9.59 Å². The number of likely N-dealkylation sites (tertiary alicyclic amines) is 1. The number of carbonyl (C=O) groups is 2. The third-order valence-electron chi connectivity index (χ3n) is 7.07. The van der Waals surface area contributed by atoms with Crippen LogP contribution in [-0.2, 0) is 9.59 Å². The van der Waals surface area contributed by atoms with Crippen LogP contribution in [0.25, 0.3) is 0 Å². The summed E-state index contributed by atoms with van der Waals surface area (Å²) in [4.78, 5) is 29.5. The number of ether oxygens (including phenoxy) is 2. The number of Topliss-reactive ketones (excluding diaryl/α,β-unsaturated/α-hetero) is 1. The molecule has 6 nitrogen and oxygen atoms in total. The Hall–Kier alpha value is -2.28. The zero-order valence-corrected chi connectivity index (χ0v) is 23.1. The fourth-order valence-electron chi connectivity index (χ4n) is 5.62. The van der Waals surface area contributed by atoms with Gasteiger partial charge in [-0.2, -0.15) is 0 Å². The van der Waals surface area contributed by atoms with E-state index in [1.807, 2.05) is 37.8 Å². The Kier molecular flexibility index (Phi) is 7.65. The lowest BCUT2D eigenvalue weighted by Crippen LogP contribution is -2.43. The molecular weight excluding hydrogens is 508 g/mol. The van der Waals surface area contributed by atoms with E-state index in [-0.39, 0.29) is 17.1 Å². The molecule has 7 heteroatoms. The molecule has 4 rings (SSSR count). The third-order valence-corrected chi connectivity index (χ3v) is 7.66. The highest BCUT2D eigenvalue weighted by atomic mass is 79.9. The summed E-state index contributed by atoms with van der Waals surface area (Å²) in [6, 6.07) is 3.93. The second kappa shape index (κ2) is 10.4. The van der Waals surface area contributed by atoms with Crippen LogP contribution in [0.1, 0.15) is 78.2 Å². The van der Waals surface area contributed by atoms with Crippen LogP contribution >= 0.6 is 15.9 Å². The molecule has 1 unspecified atom stereocenters. The Balaban J connectivity index is 1.89. The molecule has 0 bridgehead atoms. The van der Waals surface area contributed by atoms with Crippen molar-refractivity contribution in [1.29, 1.82) is 0 Å². The second-order valence-electron chi connectivity index (χ2n) is 10.5. The normalized spacial score (nSPS) is 22.1. The van der Waals surface area contributed by atoms with Gasteiger partial charge in [-0.15, -0.1) is 0 Å². The number of hydrogen-bond donors (Lipinski definition) is 1. The van der Waals surface area contributed by atoms with Gasteiger partial charge in [0, 0.05) is 48.0 Å². The number of carbonyl (C=O) groups excluding carboxylic acids is 2. The lowest BCUT2D eigenvalue weighted by Gasteiger charge is -2.41. The minimum absolute atomic E-state index is 0.0202. The zero-order chi connectivity index (χ0) is 25.3. The van der Waals surface area contributed by atoms with Crippen molar-refractivity contribution in [3.8, 4) is 11.5 Å². The fraction of sp³-hybridized carbons (Fsp3) is 0.571. The van der Waals surface area contributed by atoms with E-state index in [0.717, 1.165) is 60.2 Å². The summed E-state index contributed by atoms with van der Waals surface area (Å²) in [6.45, 7) is 12.6. The second-order valence-corrected chi connectivity index (χ2v) is 11.3. The van der Waals surface area contributed by atoms with E-state index in [1.54, 1.807) is 0 Å². The SMILES string of the molecule is CCOc1cc(C2C(C(=O)N3CCCCC3)=C(C)NC3=C2C(=O)CC(C)(C)C3)cc(Br)c1OCC. The lowest BCUT2D eigenvalue weighted by molar-refractivity contribution is -0.128. The summed E-state index contributed by atoms with van der Waals surface area (Å²) < 4.78 is 12.6. The number of allylic oxidation sites excluding steroid dienone is 3. The summed E-state index contributed by atoms with van der Waals surface area (Å²) in [5.74, 6) is 0.933. The molecule has 35 heavy (non-hydrogen) atoms. The molecule has 1 fully saturated rings. The first-order valence-corrected chi connectivity index (χ1v) is 13.6. The largest absolute Gasteiger partial charge is 0.490 e. The summed E-state index contributed by atoms with van der Waals surface area (Å²) in [7, 11) is 0. The van der Waals surface area contributed by atoms with Crippen LogP contribution in [-0.4, -0.2) is 42.9 Å². The molecular formula is C28H37BrN2O4. The predicted molar refractivity (Wildman–Crippen MR) is 141 cm³/mol. The average molecular weight is 546 g/mol. The predicted octanol–water partition coefficient (Wildman–Crippen LogP) is 5.86. The van der Waals surface area contributed by atoms with Gasteiger partial charge in [-0.25, -0.2) is 0 Å². The van der Waals surface area contributed by atoms with Gasteiger partial charge >= 0.3 is 0 Å². The molecule has 3 aliphatic rings. The highest BCUT2D eigenvalue weighted by molar-refractivity contribution is 9.10. The van der Waals surface area contributed by atoms with Crippen LogP contribution in [0.15, 0.2) is 39.1 Å². The van der Waals surface area contributed by atoms with E-state index < -0.39 is 5.92 Å². The highest BCUT2D eigenvalue weighted by Crippen LogP contribution is 2.49. The molecule has 0 radical (unpaired) electrons. The van der Waals surface area contributed by atoms with E-state index in [9.17, 15) is 9.59 Å². The molecule has 2 heterocycles. The summed E-state index contributed by atoms with van der Waals surface area (Å²) in [5.41, 5.74) is 3.89. The van der Waals surface area contributed by atoms with Crippen molar-refractivity contribution in [2.75, 3.05) is 26.3 Å². The molecule has 1 N–H and O–H groups in total. The van der Waals surface area contributed by atoms with Gasteiger partial charge in [0.15, 0.2) is 17.3 Å². The minimum atomic E-state index is -0.449. The van der Waals surface area contributed by atoms with Crippen molar-refractivity contribution in [3.63, 3.8) is 0 Å². The molecule has 0 spiro atoms. The van der Waals surface area contributed by atoms with Crippen molar-refractivity contribution in [2.45, 2.75) is 72.6 Å². The molecule has 1 aromatic rings. The molecule has 1 amide bonds. The van der Waals surface area contributed by atoms with Crippen LogP contribution < -0.4 is 14.8 Å². The van der Waals surface area contributed by atoms with Gasteiger partial charge in [0.05, 0.1) is 17.7 Å². The lowest BCUT2D eigenvalue weighted by atomic mass is 9.68. The van der Waals surface area contributed by atoms with Gasteiger partial charge in [0.1, 0.15) is 0 Å². The van der Waals surface area contributed by atoms with Crippen LogP contribution in [0, 0.1) is 5.41 Å². The van der Waals surface area contributed by atoms with Gasteiger partial charge in [0.2, 0.25) is 0 Å². The first-order valence-electron chi connectivity index (χ1n) is 12.8. The number of benzene rings is 1. The molecule has 190 valence electrons. The van der Waals surface area contributed by atoms with E-state index >= 15 is 0 Å². The number of halogens is 1. The van der Waals surface area contributed by atoms with Gasteiger partial charge in [0.25, 0.3) is 5.91 Å². The van der Waals surface area contributed by atoms with E-state index in [4.69, 9.17) is 9.47 Å². The quantitative estimate of drug-likeness (QED) is 0.485. The molecule has 1 atom stereocenters. The summed E-state index contributed by atoms with van der Waals surface area (Å²) in [5, 5.41) is 3.48. The highest BCUT2D eigenvalue weighted by Gasteiger charge is 2.44. The number of rotatable bonds is 6. The van der Waals surface area contributed by atoms with E-state index in [1.165, 1.54) is 0 Å². The number of nitrogens with one attached hydrogen (secondary N) is 1. The van der Waals surface area contributed by atoms with Crippen LogP contribution in [0.3, 0.4) is 0 Å². The standard InChI is InChI=1S/C28H37BrN2O4/c1-6-34-22-14-18(13-19(29)26(22)35-7-2)24-23(27(33)31-11-9-8-10-12-31)17(3)30-20-15-28(4,5)16-21(32)25(20)24/h13-14,24,30H,6-12,15-16H2,1-5H3. The number of amides is 1. The Morgan fingerprint density at radius 1 is 1.11 bits per heavy atom. The smallest absolute Gasteiger partial charge is 0.252 e. The van der Waals surface area contributed by atoms with Crippen LogP contribution in [0.5, 0.6) is 11.5 Å². The molecule has 1 saturated heterocycles. The Morgan fingerprint density at radius 2 is 1.80 bits per heavy atom. The first-order chi connectivity index (χ1) is 16.7. The summed E-state index contributed by atoms with van der Waals surface area (Å²) in [6.07, 6.45) is 4.41. The monoisotopic (exact) mass is 544 g/mol. The van der Waals surface area contributed by atoms with Crippen LogP contribution in [0.2, 0.25) is 0 Å². The molecule has 0 saturated carbocycles. The van der Waals surface area contributed by atoms with Gasteiger partial charge in [-0.05, 0) is 85.5 Å². The molecule has 1 aromatic carbocycles. The maximum absolute atomic E-state index is 13.9. The van der Waals surface area contributed by atoms with E-state index in [0.29, 0.717) is 42.3 Å². The number of ketones is 1. The summed E-state index contributed by atoms with van der Waals surface area (Å²) >= 11 is 3.67. The number of piperidine rings is 1. The van der Waals surface area contributed by atoms with Gasteiger partial charge < -0.3 is 19.7 Å². The third kappa shape index (κ3) is 5.16. The number of dihydropyridines is 1. The van der Waals surface area contributed by atoms with Crippen LogP contribution in [0.4, 0.5) is 0 Å². The van der Waals surface area contributed by atoms with Crippen molar-refractivity contribution >= 4 is 27.6 Å².